The van der Waals surface area contributed by atoms with Gasteiger partial charge in [-0.1, -0.05) is 6.92 Å². The normalized spacial score (nSPS) is 16.5. The molecule has 0 spiro atoms. The minimum atomic E-state index is -4.76. The summed E-state index contributed by atoms with van der Waals surface area (Å²) in [7, 11) is 0.851. The van der Waals surface area contributed by atoms with Crippen LogP contribution in [0, 0.1) is 5.92 Å². The lowest BCUT2D eigenvalue weighted by Crippen LogP contribution is -2.40. The van der Waals surface area contributed by atoms with E-state index in [-0.39, 0.29) is 6.42 Å². The number of hydrogen-bond donors (Lipinski definition) is 1. The largest absolute Gasteiger partial charge is 0.468 e. The van der Waals surface area contributed by atoms with Gasteiger partial charge in [0.2, 0.25) is 0 Å². The highest BCUT2D eigenvalue weighted by atomic mass is 19.4. The zero-order chi connectivity index (χ0) is 10.6. The number of aliphatic hydroxyl groups is 1. The van der Waals surface area contributed by atoms with Gasteiger partial charge in [0, 0.05) is 0 Å². The molecule has 0 heterocycles. The number of carbonyl (C=O) groups is 1. The van der Waals surface area contributed by atoms with E-state index < -0.39 is 24.2 Å². The van der Waals surface area contributed by atoms with Gasteiger partial charge in [-0.15, -0.1) is 0 Å². The first kappa shape index (κ1) is 12.2. The monoisotopic (exact) mass is 200 g/mol. The molecule has 6 heteroatoms. The fourth-order valence-corrected chi connectivity index (χ4v) is 0.872. The molecular formula is C7H11F3O3. The maximum Gasteiger partial charge on any atom is 0.404 e. The zero-order valence-electron chi connectivity index (χ0n) is 7.26. The third kappa shape index (κ3) is 3.22. The highest BCUT2D eigenvalue weighted by Gasteiger charge is 2.49. The topological polar surface area (TPSA) is 46.5 Å². The molecule has 0 aromatic heterocycles. The van der Waals surface area contributed by atoms with E-state index in [4.69, 9.17) is 5.11 Å². The van der Waals surface area contributed by atoms with Crippen LogP contribution in [0.1, 0.15) is 13.3 Å². The molecular weight excluding hydrogens is 189 g/mol. The summed E-state index contributed by atoms with van der Waals surface area (Å²) < 4.78 is 40.3. The molecule has 0 aromatic carbocycles. The molecule has 0 fully saturated rings. The summed E-state index contributed by atoms with van der Waals surface area (Å²) in [6.07, 6.45) is -6.66. The number of ether oxygens (including phenoxy) is 1. The summed E-state index contributed by atoms with van der Waals surface area (Å²) in [5.41, 5.74) is 0. The lowest BCUT2D eigenvalue weighted by atomic mass is 10.0. The number of halogens is 3. The van der Waals surface area contributed by atoms with Gasteiger partial charge in [-0.05, 0) is 6.42 Å². The fraction of sp³-hybridized carbons (Fsp3) is 0.857. The summed E-state index contributed by atoms with van der Waals surface area (Å²) in [6, 6.07) is 0. The van der Waals surface area contributed by atoms with Crippen LogP contribution in [0.25, 0.3) is 0 Å². The van der Waals surface area contributed by atoms with E-state index >= 15 is 0 Å². The van der Waals surface area contributed by atoms with E-state index in [0.717, 1.165) is 7.11 Å². The van der Waals surface area contributed by atoms with Crippen LogP contribution in [0.5, 0.6) is 0 Å². The highest BCUT2D eigenvalue weighted by molar-refractivity contribution is 5.73. The summed E-state index contributed by atoms with van der Waals surface area (Å²) in [5.74, 6) is -3.90. The number of rotatable bonds is 3. The van der Waals surface area contributed by atoms with E-state index in [1.807, 2.05) is 0 Å². The molecule has 3 nitrogen and oxygen atoms in total. The third-order valence-corrected chi connectivity index (χ3v) is 1.61. The molecule has 0 bridgehead atoms. The van der Waals surface area contributed by atoms with E-state index in [0.29, 0.717) is 0 Å². The Balaban J connectivity index is 4.65. The Bertz CT molecular complexity index is 178. The SMILES string of the molecule is CCC(O)C(C(=O)OC)C(F)(F)F. The molecule has 0 aliphatic rings. The number of aliphatic hydroxyl groups excluding tert-OH is 1. The molecule has 1 N–H and O–H groups in total. The maximum atomic E-state index is 12.1. The summed E-state index contributed by atoms with van der Waals surface area (Å²) in [5, 5.41) is 8.93. The molecule has 0 aromatic rings. The number of methoxy groups -OCH3 is 1. The van der Waals surface area contributed by atoms with Gasteiger partial charge in [-0.2, -0.15) is 13.2 Å². The fourth-order valence-electron chi connectivity index (χ4n) is 0.872. The van der Waals surface area contributed by atoms with E-state index in [1.165, 1.54) is 6.92 Å². The summed E-state index contributed by atoms with van der Waals surface area (Å²) in [6.45, 7) is 1.35. The summed E-state index contributed by atoms with van der Waals surface area (Å²) >= 11 is 0. The zero-order valence-corrected chi connectivity index (χ0v) is 7.26. The second kappa shape index (κ2) is 4.45. The number of esters is 1. The minimum absolute atomic E-state index is 0.153. The van der Waals surface area contributed by atoms with Gasteiger partial charge in [-0.25, -0.2) is 0 Å². The molecule has 0 saturated heterocycles. The highest BCUT2D eigenvalue weighted by Crippen LogP contribution is 2.30. The molecule has 2 unspecified atom stereocenters. The van der Waals surface area contributed by atoms with Crippen molar-refractivity contribution >= 4 is 5.97 Å². The van der Waals surface area contributed by atoms with Gasteiger partial charge in [-0.3, -0.25) is 4.79 Å². The second-order valence-electron chi connectivity index (χ2n) is 2.52. The first-order chi connectivity index (χ1) is 5.84. The van der Waals surface area contributed by atoms with Crippen LogP contribution < -0.4 is 0 Å². The van der Waals surface area contributed by atoms with Crippen LogP contribution in [-0.4, -0.2) is 30.5 Å². The Kier molecular flexibility index (Phi) is 4.19. The maximum absolute atomic E-state index is 12.1. The third-order valence-electron chi connectivity index (χ3n) is 1.61. The Hall–Kier alpha value is -0.780. The van der Waals surface area contributed by atoms with Crippen molar-refractivity contribution in [1.82, 2.24) is 0 Å². The Morgan fingerprint density at radius 3 is 2.23 bits per heavy atom. The van der Waals surface area contributed by atoms with Gasteiger partial charge < -0.3 is 9.84 Å². The van der Waals surface area contributed by atoms with Crippen molar-refractivity contribution in [2.75, 3.05) is 7.11 Å². The number of hydrogen-bond acceptors (Lipinski definition) is 3. The number of alkyl halides is 3. The molecule has 0 aliphatic carbocycles. The predicted molar refractivity (Wildman–Crippen MR) is 37.9 cm³/mol. The molecule has 0 saturated carbocycles. The van der Waals surface area contributed by atoms with Crippen molar-refractivity contribution in [2.24, 2.45) is 5.92 Å². The Labute approximate surface area is 73.5 Å². The van der Waals surface area contributed by atoms with Gasteiger partial charge in [0.25, 0.3) is 0 Å². The first-order valence-corrected chi connectivity index (χ1v) is 3.67. The van der Waals surface area contributed by atoms with E-state index in [1.54, 1.807) is 0 Å². The predicted octanol–water partition coefficient (Wildman–Crippen LogP) is 1.11. The van der Waals surface area contributed by atoms with Gasteiger partial charge in [0.15, 0.2) is 5.92 Å². The van der Waals surface area contributed by atoms with Crippen molar-refractivity contribution in [3.63, 3.8) is 0 Å². The lowest BCUT2D eigenvalue weighted by Gasteiger charge is -2.21. The van der Waals surface area contributed by atoms with Crippen LogP contribution in [0.3, 0.4) is 0 Å². The van der Waals surface area contributed by atoms with Gasteiger partial charge >= 0.3 is 12.1 Å². The van der Waals surface area contributed by atoms with Crippen LogP contribution in [0.15, 0.2) is 0 Å². The Morgan fingerprint density at radius 2 is 2.00 bits per heavy atom. The van der Waals surface area contributed by atoms with Crippen LogP contribution in [0.4, 0.5) is 13.2 Å². The van der Waals surface area contributed by atoms with Crippen LogP contribution in [0.2, 0.25) is 0 Å². The van der Waals surface area contributed by atoms with Gasteiger partial charge in [0.1, 0.15) is 0 Å². The summed E-state index contributed by atoms with van der Waals surface area (Å²) in [4.78, 5) is 10.7. The van der Waals surface area contributed by atoms with Crippen molar-refractivity contribution in [2.45, 2.75) is 25.6 Å². The molecule has 0 aliphatic heterocycles. The average molecular weight is 200 g/mol. The van der Waals surface area contributed by atoms with Crippen LogP contribution >= 0.6 is 0 Å². The number of carbonyl (C=O) groups excluding carboxylic acids is 1. The van der Waals surface area contributed by atoms with Crippen molar-refractivity contribution in [3.8, 4) is 0 Å². The first-order valence-electron chi connectivity index (χ1n) is 3.67. The van der Waals surface area contributed by atoms with E-state index in [9.17, 15) is 18.0 Å². The van der Waals surface area contributed by atoms with Crippen molar-refractivity contribution in [1.29, 1.82) is 0 Å². The minimum Gasteiger partial charge on any atom is -0.468 e. The molecule has 2 atom stereocenters. The standard InChI is InChI=1S/C7H11F3O3/c1-3-4(11)5(6(12)13-2)7(8,9)10/h4-5,11H,3H2,1-2H3. The van der Waals surface area contributed by atoms with Crippen LogP contribution in [-0.2, 0) is 9.53 Å². The smallest absolute Gasteiger partial charge is 0.404 e. The molecule has 0 rings (SSSR count). The molecule has 13 heavy (non-hydrogen) atoms. The van der Waals surface area contributed by atoms with Crippen molar-refractivity contribution in [3.05, 3.63) is 0 Å². The Morgan fingerprint density at radius 1 is 1.54 bits per heavy atom. The van der Waals surface area contributed by atoms with E-state index in [2.05, 4.69) is 4.74 Å². The quantitative estimate of drug-likeness (QED) is 0.694. The second-order valence-corrected chi connectivity index (χ2v) is 2.52. The lowest BCUT2D eigenvalue weighted by molar-refractivity contribution is -0.213. The molecule has 0 radical (unpaired) electrons. The van der Waals surface area contributed by atoms with Crippen molar-refractivity contribution < 1.29 is 27.8 Å². The molecule has 78 valence electrons. The molecule has 0 amide bonds. The average Bonchev–Trinajstić information content (AvgIpc) is 2.01. The van der Waals surface area contributed by atoms with Gasteiger partial charge in [0.05, 0.1) is 13.2 Å².